The molecule has 120 valence electrons. The van der Waals surface area contributed by atoms with Crippen LogP contribution in [0.1, 0.15) is 29.5 Å². The Morgan fingerprint density at radius 1 is 1.33 bits per heavy atom. The summed E-state index contributed by atoms with van der Waals surface area (Å²) in [4.78, 5) is 2.26. The summed E-state index contributed by atoms with van der Waals surface area (Å²) >= 11 is 1.63. The maximum Gasteiger partial charge on any atom is 0.279 e. The van der Waals surface area contributed by atoms with Gasteiger partial charge in [0.25, 0.3) is 10.2 Å². The van der Waals surface area contributed by atoms with E-state index < -0.39 is 10.2 Å². The number of nitrogens with one attached hydrogen (secondary N) is 2. The molecule has 1 aromatic rings. The zero-order valence-electron chi connectivity index (χ0n) is 12.8. The van der Waals surface area contributed by atoms with Crippen molar-refractivity contribution in [1.29, 1.82) is 0 Å². The molecule has 0 radical (unpaired) electrons. The first-order chi connectivity index (χ1) is 10.0. The summed E-state index contributed by atoms with van der Waals surface area (Å²) in [6.45, 7) is 7.71. The summed E-state index contributed by atoms with van der Waals surface area (Å²) in [7, 11) is -3.35. The van der Waals surface area contributed by atoms with Crippen LogP contribution in [0.25, 0.3) is 0 Å². The molecule has 0 amide bonds. The summed E-state index contributed by atoms with van der Waals surface area (Å²) in [5.74, 6) is 0.594. The van der Waals surface area contributed by atoms with Crippen LogP contribution in [-0.4, -0.2) is 38.9 Å². The largest absolute Gasteiger partial charge is 0.317 e. The van der Waals surface area contributed by atoms with E-state index in [0.717, 1.165) is 30.8 Å². The van der Waals surface area contributed by atoms with E-state index in [1.807, 2.05) is 19.1 Å². The third-order valence-electron chi connectivity index (χ3n) is 3.82. The molecule has 1 saturated heterocycles. The van der Waals surface area contributed by atoms with E-state index in [4.69, 9.17) is 0 Å². The molecule has 1 aromatic heterocycles. The average Bonchev–Trinajstić information content (AvgIpc) is 2.89. The van der Waals surface area contributed by atoms with E-state index in [1.165, 1.54) is 4.88 Å². The number of aryl methyl sites for hydroxylation is 1. The smallest absolute Gasteiger partial charge is 0.279 e. The first kappa shape index (κ1) is 16.9. The molecule has 21 heavy (non-hydrogen) atoms. The standard InChI is InChI=1S/C14H25N3O2S2/c1-3-15-10-13-6-8-17(9-7-13)21(18,19)16-11-14-5-4-12(2)20-14/h4-5,13,15-16H,3,6-11H2,1-2H3. The van der Waals surface area contributed by atoms with Crippen LogP contribution in [-0.2, 0) is 16.8 Å². The number of rotatable bonds is 7. The van der Waals surface area contributed by atoms with Crippen molar-refractivity contribution in [2.24, 2.45) is 5.92 Å². The fraction of sp³-hybridized carbons (Fsp3) is 0.714. The molecule has 0 saturated carbocycles. The van der Waals surface area contributed by atoms with Crippen molar-refractivity contribution in [1.82, 2.24) is 14.3 Å². The number of hydrogen-bond donors (Lipinski definition) is 2. The van der Waals surface area contributed by atoms with Gasteiger partial charge in [-0.3, -0.25) is 0 Å². The fourth-order valence-electron chi connectivity index (χ4n) is 2.54. The Kier molecular flexibility index (Phi) is 6.19. The average molecular weight is 332 g/mol. The van der Waals surface area contributed by atoms with Gasteiger partial charge in [-0.05, 0) is 50.9 Å². The molecule has 2 N–H and O–H groups in total. The van der Waals surface area contributed by atoms with E-state index in [9.17, 15) is 8.42 Å². The molecule has 1 aliphatic heterocycles. The van der Waals surface area contributed by atoms with Gasteiger partial charge < -0.3 is 5.32 Å². The van der Waals surface area contributed by atoms with E-state index in [2.05, 4.69) is 17.0 Å². The summed E-state index contributed by atoms with van der Waals surface area (Å²) in [5, 5.41) is 3.34. The molecular weight excluding hydrogens is 306 g/mol. The molecule has 0 aliphatic carbocycles. The van der Waals surface area contributed by atoms with Crippen molar-refractivity contribution in [3.63, 3.8) is 0 Å². The number of piperidine rings is 1. The lowest BCUT2D eigenvalue weighted by Crippen LogP contribution is -2.45. The van der Waals surface area contributed by atoms with Crippen LogP contribution in [0.3, 0.4) is 0 Å². The lowest BCUT2D eigenvalue weighted by atomic mass is 9.98. The Morgan fingerprint density at radius 3 is 2.62 bits per heavy atom. The third-order valence-corrected chi connectivity index (χ3v) is 6.38. The fourth-order valence-corrected chi connectivity index (χ4v) is 4.67. The molecule has 2 rings (SSSR count). The van der Waals surface area contributed by atoms with Gasteiger partial charge in [-0.25, -0.2) is 0 Å². The Morgan fingerprint density at radius 2 is 2.05 bits per heavy atom. The minimum Gasteiger partial charge on any atom is -0.317 e. The normalized spacial score (nSPS) is 18.2. The highest BCUT2D eigenvalue weighted by molar-refractivity contribution is 7.87. The van der Waals surface area contributed by atoms with Crippen molar-refractivity contribution in [2.45, 2.75) is 33.2 Å². The predicted molar refractivity (Wildman–Crippen MR) is 87.7 cm³/mol. The summed E-state index contributed by atoms with van der Waals surface area (Å²) in [6.07, 6.45) is 1.87. The van der Waals surface area contributed by atoms with Gasteiger partial charge in [-0.15, -0.1) is 11.3 Å². The zero-order valence-corrected chi connectivity index (χ0v) is 14.4. The lowest BCUT2D eigenvalue weighted by molar-refractivity contribution is 0.266. The second-order valence-electron chi connectivity index (χ2n) is 5.49. The van der Waals surface area contributed by atoms with Crippen LogP contribution in [0, 0.1) is 12.8 Å². The molecule has 0 bridgehead atoms. The van der Waals surface area contributed by atoms with E-state index in [1.54, 1.807) is 15.6 Å². The highest BCUT2D eigenvalue weighted by Gasteiger charge is 2.27. The van der Waals surface area contributed by atoms with Gasteiger partial charge in [-0.1, -0.05) is 6.92 Å². The maximum absolute atomic E-state index is 12.3. The van der Waals surface area contributed by atoms with Gasteiger partial charge >= 0.3 is 0 Å². The predicted octanol–water partition coefficient (Wildman–Crippen LogP) is 1.71. The minimum absolute atomic E-state index is 0.387. The second kappa shape index (κ2) is 7.69. The second-order valence-corrected chi connectivity index (χ2v) is 8.62. The van der Waals surface area contributed by atoms with Crippen LogP contribution >= 0.6 is 11.3 Å². The molecule has 0 spiro atoms. The van der Waals surface area contributed by atoms with Crippen molar-refractivity contribution in [2.75, 3.05) is 26.2 Å². The number of thiophene rings is 1. The molecule has 7 heteroatoms. The van der Waals surface area contributed by atoms with Crippen LogP contribution in [0.2, 0.25) is 0 Å². The van der Waals surface area contributed by atoms with Gasteiger partial charge in [0.1, 0.15) is 0 Å². The minimum atomic E-state index is -3.35. The summed E-state index contributed by atoms with van der Waals surface area (Å²) in [6, 6.07) is 3.99. The van der Waals surface area contributed by atoms with Crippen molar-refractivity contribution in [3.8, 4) is 0 Å². The van der Waals surface area contributed by atoms with Crippen LogP contribution in [0.4, 0.5) is 0 Å². The zero-order chi connectivity index (χ0) is 15.3. The van der Waals surface area contributed by atoms with E-state index >= 15 is 0 Å². The first-order valence-corrected chi connectivity index (χ1v) is 9.77. The van der Waals surface area contributed by atoms with Gasteiger partial charge in [0.2, 0.25) is 0 Å². The first-order valence-electron chi connectivity index (χ1n) is 7.52. The molecule has 1 fully saturated rings. The van der Waals surface area contributed by atoms with Gasteiger partial charge in [0.15, 0.2) is 0 Å². The topological polar surface area (TPSA) is 61.4 Å². The highest BCUT2D eigenvalue weighted by Crippen LogP contribution is 2.19. The molecule has 0 atom stereocenters. The lowest BCUT2D eigenvalue weighted by Gasteiger charge is -2.31. The van der Waals surface area contributed by atoms with Crippen molar-refractivity contribution >= 4 is 21.5 Å². The molecule has 2 heterocycles. The number of hydrogen-bond acceptors (Lipinski definition) is 4. The molecule has 0 aromatic carbocycles. The monoisotopic (exact) mass is 331 g/mol. The van der Waals surface area contributed by atoms with Gasteiger partial charge in [-0.2, -0.15) is 17.4 Å². The molecular formula is C14H25N3O2S2. The van der Waals surface area contributed by atoms with Gasteiger partial charge in [0, 0.05) is 29.4 Å². The van der Waals surface area contributed by atoms with Crippen LogP contribution in [0.15, 0.2) is 12.1 Å². The molecule has 1 aliphatic rings. The highest BCUT2D eigenvalue weighted by atomic mass is 32.2. The Balaban J connectivity index is 1.81. The Labute approximate surface area is 131 Å². The Hall–Kier alpha value is -0.470. The maximum atomic E-state index is 12.3. The molecule has 5 nitrogen and oxygen atoms in total. The van der Waals surface area contributed by atoms with Crippen molar-refractivity contribution in [3.05, 3.63) is 21.9 Å². The third kappa shape index (κ3) is 5.03. The van der Waals surface area contributed by atoms with E-state index in [-0.39, 0.29) is 0 Å². The van der Waals surface area contributed by atoms with E-state index in [0.29, 0.717) is 25.6 Å². The van der Waals surface area contributed by atoms with Crippen LogP contribution in [0.5, 0.6) is 0 Å². The Bertz CT molecular complexity index is 534. The summed E-state index contributed by atoms with van der Waals surface area (Å²) in [5.41, 5.74) is 0. The SMILES string of the molecule is CCNCC1CCN(S(=O)(=O)NCc2ccc(C)s2)CC1. The molecule has 0 unspecified atom stereocenters. The van der Waals surface area contributed by atoms with Crippen molar-refractivity contribution < 1.29 is 8.42 Å². The van der Waals surface area contributed by atoms with Crippen LogP contribution < -0.4 is 10.0 Å². The summed E-state index contributed by atoms with van der Waals surface area (Å²) < 4.78 is 28.9. The quantitative estimate of drug-likeness (QED) is 0.800. The number of nitrogens with zero attached hydrogens (tertiary/aromatic N) is 1. The van der Waals surface area contributed by atoms with Gasteiger partial charge in [0.05, 0.1) is 0 Å².